The molecule has 0 atom stereocenters. The standard InChI is InChI=1S/C20H20ClF2NO/c1-12-13(2)24(10-14-3-4-14)20(17(12)11-25)18(21)8-6-15-5-7-16(22)9-19(15)23/h5,7-9,11,14H,3-4,6,10H2,1-2H3/b18-8+. The zero-order valence-electron chi connectivity index (χ0n) is 14.3. The fraction of sp³-hybridized carbons (Fsp3) is 0.350. The van der Waals surface area contributed by atoms with Gasteiger partial charge in [0.05, 0.1) is 10.7 Å². The fourth-order valence-electron chi connectivity index (χ4n) is 3.06. The van der Waals surface area contributed by atoms with E-state index in [1.807, 2.05) is 13.8 Å². The van der Waals surface area contributed by atoms with Gasteiger partial charge in [-0.2, -0.15) is 0 Å². The second-order valence-corrected chi connectivity index (χ2v) is 7.04. The first kappa shape index (κ1) is 17.9. The minimum atomic E-state index is -0.607. The summed E-state index contributed by atoms with van der Waals surface area (Å²) in [6.45, 7) is 4.73. The maximum Gasteiger partial charge on any atom is 0.152 e. The highest BCUT2D eigenvalue weighted by Crippen LogP contribution is 2.36. The number of carbonyl (C=O) groups excluding carboxylic acids is 1. The second-order valence-electron chi connectivity index (χ2n) is 6.64. The van der Waals surface area contributed by atoms with Gasteiger partial charge in [-0.25, -0.2) is 8.78 Å². The Balaban J connectivity index is 1.95. The Morgan fingerprint density at radius 1 is 1.32 bits per heavy atom. The molecule has 1 aromatic heterocycles. The van der Waals surface area contributed by atoms with Crippen molar-refractivity contribution in [3.05, 3.63) is 64.0 Å². The van der Waals surface area contributed by atoms with E-state index in [4.69, 9.17) is 11.6 Å². The monoisotopic (exact) mass is 363 g/mol. The average molecular weight is 364 g/mol. The maximum absolute atomic E-state index is 13.8. The van der Waals surface area contributed by atoms with E-state index in [-0.39, 0.29) is 6.42 Å². The van der Waals surface area contributed by atoms with Gasteiger partial charge in [-0.1, -0.05) is 23.7 Å². The van der Waals surface area contributed by atoms with Gasteiger partial charge in [-0.05, 0) is 56.2 Å². The fourth-order valence-corrected chi connectivity index (χ4v) is 3.34. The average Bonchev–Trinajstić information content (AvgIpc) is 3.36. The smallest absolute Gasteiger partial charge is 0.152 e. The summed E-state index contributed by atoms with van der Waals surface area (Å²) in [5, 5.41) is 0.419. The van der Waals surface area contributed by atoms with Gasteiger partial charge < -0.3 is 4.57 Å². The summed E-state index contributed by atoms with van der Waals surface area (Å²) in [7, 11) is 0. The number of nitrogens with zero attached hydrogens (tertiary/aromatic N) is 1. The second kappa shape index (κ2) is 7.12. The molecule has 0 saturated heterocycles. The van der Waals surface area contributed by atoms with Gasteiger partial charge in [0.1, 0.15) is 11.6 Å². The summed E-state index contributed by atoms with van der Waals surface area (Å²) in [6.07, 6.45) is 5.12. The van der Waals surface area contributed by atoms with Crippen molar-refractivity contribution in [3.63, 3.8) is 0 Å². The highest BCUT2D eigenvalue weighted by molar-refractivity contribution is 6.49. The molecule has 0 bridgehead atoms. The molecule has 0 radical (unpaired) electrons. The van der Waals surface area contributed by atoms with Crippen molar-refractivity contribution in [1.29, 1.82) is 0 Å². The third-order valence-corrected chi connectivity index (χ3v) is 5.21. The lowest BCUT2D eigenvalue weighted by Crippen LogP contribution is -2.06. The van der Waals surface area contributed by atoms with E-state index in [2.05, 4.69) is 4.57 Å². The number of aldehydes is 1. The molecule has 1 aliphatic rings. The van der Waals surface area contributed by atoms with Crippen LogP contribution < -0.4 is 0 Å². The zero-order chi connectivity index (χ0) is 18.1. The molecule has 2 aromatic rings. The van der Waals surface area contributed by atoms with E-state index in [1.165, 1.54) is 25.0 Å². The van der Waals surface area contributed by atoms with Crippen LogP contribution in [0.15, 0.2) is 24.3 Å². The van der Waals surface area contributed by atoms with E-state index in [9.17, 15) is 13.6 Å². The quantitative estimate of drug-likeness (QED) is 0.627. The molecule has 132 valence electrons. The number of hydrogen-bond donors (Lipinski definition) is 0. The highest BCUT2D eigenvalue weighted by Gasteiger charge is 2.26. The Bertz CT molecular complexity index is 850. The molecule has 0 N–H and O–H groups in total. The van der Waals surface area contributed by atoms with Gasteiger partial charge in [-0.3, -0.25) is 4.79 Å². The van der Waals surface area contributed by atoms with Crippen LogP contribution in [-0.4, -0.2) is 10.9 Å². The Hall–Kier alpha value is -1.94. The van der Waals surface area contributed by atoms with E-state index < -0.39 is 11.6 Å². The summed E-state index contributed by atoms with van der Waals surface area (Å²) in [5.74, 6) is -0.580. The van der Waals surface area contributed by atoms with Gasteiger partial charge >= 0.3 is 0 Å². The first-order valence-electron chi connectivity index (χ1n) is 8.37. The number of rotatable bonds is 6. The lowest BCUT2D eigenvalue weighted by molar-refractivity contribution is 0.112. The SMILES string of the molecule is Cc1c(C=O)c(/C(Cl)=C\Cc2ccc(F)cc2F)n(CC2CC2)c1C. The van der Waals surface area contributed by atoms with Crippen LogP contribution in [0.3, 0.4) is 0 Å². The third kappa shape index (κ3) is 3.69. The normalized spacial score (nSPS) is 14.8. The first-order chi connectivity index (χ1) is 11.9. The van der Waals surface area contributed by atoms with E-state index >= 15 is 0 Å². The first-order valence-corrected chi connectivity index (χ1v) is 8.75. The lowest BCUT2D eigenvalue weighted by atomic mass is 10.1. The van der Waals surface area contributed by atoms with Crippen molar-refractivity contribution in [2.24, 2.45) is 5.92 Å². The molecule has 1 heterocycles. The molecule has 1 aromatic carbocycles. The molecular formula is C20H20ClF2NO. The molecule has 1 aliphatic carbocycles. The maximum atomic E-state index is 13.8. The summed E-state index contributed by atoms with van der Waals surface area (Å²) < 4.78 is 28.9. The Labute approximate surface area is 151 Å². The molecule has 1 fully saturated rings. The van der Waals surface area contributed by atoms with Crippen molar-refractivity contribution in [2.75, 3.05) is 0 Å². The summed E-state index contributed by atoms with van der Waals surface area (Å²) >= 11 is 6.50. The van der Waals surface area contributed by atoms with Crippen molar-refractivity contribution in [2.45, 2.75) is 39.7 Å². The largest absolute Gasteiger partial charge is 0.343 e. The van der Waals surface area contributed by atoms with Gasteiger partial charge in [0.15, 0.2) is 6.29 Å². The van der Waals surface area contributed by atoms with Crippen LogP contribution in [0.4, 0.5) is 8.78 Å². The molecule has 2 nitrogen and oxygen atoms in total. The molecule has 0 spiro atoms. The Kier molecular flexibility index (Phi) is 5.09. The minimum Gasteiger partial charge on any atom is -0.343 e. The predicted octanol–water partition coefficient (Wildman–Crippen LogP) is 5.43. The van der Waals surface area contributed by atoms with E-state index in [1.54, 1.807) is 6.08 Å². The van der Waals surface area contributed by atoms with E-state index in [0.29, 0.717) is 27.8 Å². The molecule has 5 heteroatoms. The molecule has 0 aliphatic heterocycles. The molecule has 0 unspecified atom stereocenters. The Morgan fingerprint density at radius 3 is 2.64 bits per heavy atom. The Morgan fingerprint density at radius 2 is 2.04 bits per heavy atom. The van der Waals surface area contributed by atoms with Crippen LogP contribution in [0.25, 0.3) is 5.03 Å². The number of aromatic nitrogens is 1. The van der Waals surface area contributed by atoms with Crippen molar-refractivity contribution < 1.29 is 13.6 Å². The van der Waals surface area contributed by atoms with Gasteiger partial charge in [0.2, 0.25) is 0 Å². The molecule has 1 saturated carbocycles. The summed E-state index contributed by atoms with van der Waals surface area (Å²) in [5.41, 5.74) is 3.59. The topological polar surface area (TPSA) is 22.0 Å². The molecular weight excluding hydrogens is 344 g/mol. The van der Waals surface area contributed by atoms with Gasteiger partial charge in [-0.15, -0.1) is 0 Å². The van der Waals surface area contributed by atoms with Gasteiger partial charge in [0, 0.05) is 23.9 Å². The van der Waals surface area contributed by atoms with Crippen molar-refractivity contribution in [3.8, 4) is 0 Å². The highest BCUT2D eigenvalue weighted by atomic mass is 35.5. The number of hydrogen-bond acceptors (Lipinski definition) is 1. The molecule has 0 amide bonds. The van der Waals surface area contributed by atoms with Crippen molar-refractivity contribution in [1.82, 2.24) is 4.57 Å². The summed E-state index contributed by atoms with van der Waals surface area (Å²) in [4.78, 5) is 11.6. The predicted molar refractivity (Wildman–Crippen MR) is 95.9 cm³/mol. The number of halogens is 3. The van der Waals surface area contributed by atoms with E-state index in [0.717, 1.165) is 30.2 Å². The number of benzene rings is 1. The molecule has 25 heavy (non-hydrogen) atoms. The van der Waals surface area contributed by atoms with Crippen LogP contribution in [-0.2, 0) is 13.0 Å². The minimum absolute atomic E-state index is 0.232. The zero-order valence-corrected chi connectivity index (χ0v) is 15.0. The third-order valence-electron chi connectivity index (χ3n) is 4.87. The number of allylic oxidation sites excluding steroid dienone is 1. The van der Waals surface area contributed by atoms with Gasteiger partial charge in [0.25, 0.3) is 0 Å². The van der Waals surface area contributed by atoms with Crippen LogP contribution >= 0.6 is 11.6 Å². The summed E-state index contributed by atoms with van der Waals surface area (Å²) in [6, 6.07) is 3.49. The lowest BCUT2D eigenvalue weighted by Gasteiger charge is -2.11. The van der Waals surface area contributed by atoms with Crippen LogP contribution in [0.1, 0.15) is 45.7 Å². The number of carbonyl (C=O) groups is 1. The van der Waals surface area contributed by atoms with Crippen LogP contribution in [0.5, 0.6) is 0 Å². The van der Waals surface area contributed by atoms with Crippen LogP contribution in [0, 0.1) is 31.4 Å². The molecule has 3 rings (SSSR count). The van der Waals surface area contributed by atoms with Crippen molar-refractivity contribution >= 4 is 22.9 Å². The van der Waals surface area contributed by atoms with Crippen LogP contribution in [0.2, 0.25) is 0 Å².